The van der Waals surface area contributed by atoms with Crippen LogP contribution in [0, 0.1) is 5.92 Å². The maximum absolute atomic E-state index is 12.1. The summed E-state index contributed by atoms with van der Waals surface area (Å²) in [6.07, 6.45) is 3.56. The molecule has 1 saturated heterocycles. The number of aromatic nitrogens is 2. The van der Waals surface area contributed by atoms with Crippen LogP contribution in [0.4, 0.5) is 5.95 Å². The van der Waals surface area contributed by atoms with Gasteiger partial charge in [-0.2, -0.15) is 0 Å². The molecule has 0 aliphatic carbocycles. The second kappa shape index (κ2) is 7.18. The summed E-state index contributed by atoms with van der Waals surface area (Å²) in [7, 11) is -3.10. The van der Waals surface area contributed by atoms with Crippen molar-refractivity contribution in [1.29, 1.82) is 0 Å². The van der Waals surface area contributed by atoms with E-state index in [0.717, 1.165) is 16.9 Å². The number of nitrogens with one attached hydrogen (secondary N) is 1. The van der Waals surface area contributed by atoms with Crippen LogP contribution in [-0.4, -0.2) is 42.4 Å². The molecule has 0 radical (unpaired) electrons. The topological polar surface area (TPSA) is 98.2 Å². The average Bonchev–Trinajstić information content (AvgIpc) is 2.96. The van der Waals surface area contributed by atoms with Crippen molar-refractivity contribution in [2.24, 2.45) is 5.92 Å². The van der Waals surface area contributed by atoms with E-state index in [1.54, 1.807) is 12.4 Å². The fraction of sp³-hybridized carbons (Fsp3) is 0.353. The molecule has 1 N–H and O–H groups in total. The second-order valence-electron chi connectivity index (χ2n) is 5.85. The summed E-state index contributed by atoms with van der Waals surface area (Å²) >= 11 is 0. The Morgan fingerprint density at radius 1 is 1.28 bits per heavy atom. The summed E-state index contributed by atoms with van der Waals surface area (Å²) in [5.41, 5.74) is 1.70. The van der Waals surface area contributed by atoms with Crippen LogP contribution in [-0.2, 0) is 14.6 Å². The Hall–Kier alpha value is -2.48. The monoisotopic (exact) mass is 361 g/mol. The Bertz CT molecular complexity index is 866. The number of carbonyl (C=O) groups is 1. The maximum atomic E-state index is 12.1. The molecule has 1 aliphatic rings. The molecule has 7 nitrogen and oxygen atoms in total. The fourth-order valence-electron chi connectivity index (χ4n) is 2.69. The largest absolute Gasteiger partial charge is 0.494 e. The van der Waals surface area contributed by atoms with Gasteiger partial charge < -0.3 is 4.74 Å². The third-order valence-electron chi connectivity index (χ3n) is 3.97. The van der Waals surface area contributed by atoms with Crippen molar-refractivity contribution in [3.8, 4) is 16.9 Å². The third kappa shape index (κ3) is 4.33. The first-order valence-corrected chi connectivity index (χ1v) is 9.85. The van der Waals surface area contributed by atoms with E-state index in [0.29, 0.717) is 13.0 Å². The Morgan fingerprint density at radius 2 is 2.04 bits per heavy atom. The number of hydrogen-bond acceptors (Lipinski definition) is 6. The van der Waals surface area contributed by atoms with E-state index < -0.39 is 15.8 Å². The molecule has 0 saturated carbocycles. The van der Waals surface area contributed by atoms with Gasteiger partial charge >= 0.3 is 0 Å². The minimum absolute atomic E-state index is 0.0566. The van der Waals surface area contributed by atoms with Gasteiger partial charge in [-0.3, -0.25) is 10.1 Å². The first kappa shape index (κ1) is 17.3. The normalized spacial score (nSPS) is 18.7. The highest BCUT2D eigenvalue weighted by Gasteiger charge is 2.33. The third-order valence-corrected chi connectivity index (χ3v) is 5.74. The number of nitrogens with zero attached hydrogens (tertiary/aromatic N) is 2. The average molecular weight is 361 g/mol. The van der Waals surface area contributed by atoms with Crippen LogP contribution in [0.15, 0.2) is 36.7 Å². The van der Waals surface area contributed by atoms with E-state index in [1.807, 2.05) is 31.2 Å². The lowest BCUT2D eigenvalue weighted by atomic mass is 10.1. The van der Waals surface area contributed by atoms with Gasteiger partial charge in [-0.1, -0.05) is 12.1 Å². The van der Waals surface area contributed by atoms with Crippen LogP contribution < -0.4 is 10.1 Å². The van der Waals surface area contributed by atoms with E-state index >= 15 is 0 Å². The molecule has 2 aromatic rings. The van der Waals surface area contributed by atoms with Gasteiger partial charge in [-0.25, -0.2) is 18.4 Å². The molecular formula is C17H19N3O4S. The lowest BCUT2D eigenvalue weighted by Gasteiger charge is -2.09. The minimum atomic E-state index is -3.10. The summed E-state index contributed by atoms with van der Waals surface area (Å²) < 4.78 is 28.4. The van der Waals surface area contributed by atoms with Crippen LogP contribution in [0.5, 0.6) is 5.75 Å². The van der Waals surface area contributed by atoms with Crippen molar-refractivity contribution in [3.63, 3.8) is 0 Å². The van der Waals surface area contributed by atoms with Gasteiger partial charge in [-0.15, -0.1) is 0 Å². The van der Waals surface area contributed by atoms with Crippen LogP contribution in [0.1, 0.15) is 13.3 Å². The maximum Gasteiger partial charge on any atom is 0.230 e. The molecule has 1 atom stereocenters. The van der Waals surface area contributed by atoms with Gasteiger partial charge in [0.15, 0.2) is 9.84 Å². The predicted octanol–water partition coefficient (Wildman–Crippen LogP) is 1.92. The second-order valence-corrected chi connectivity index (χ2v) is 8.07. The standard InChI is InChI=1S/C17H19N3O4S/c1-2-24-15-5-3-4-12(8-15)14-9-18-17(19-10-14)20-16(21)13-6-7-25(22,23)11-13/h3-5,8-10,13H,2,6-7,11H2,1H3,(H,18,19,20,21). The zero-order valence-electron chi connectivity index (χ0n) is 13.8. The SMILES string of the molecule is CCOc1cccc(-c2cnc(NC(=O)C3CCS(=O)(=O)C3)nc2)c1. The predicted molar refractivity (Wildman–Crippen MR) is 94.0 cm³/mol. The zero-order chi connectivity index (χ0) is 17.9. The number of benzene rings is 1. The lowest BCUT2D eigenvalue weighted by molar-refractivity contribution is -0.119. The Kier molecular flexibility index (Phi) is 4.98. The molecule has 25 heavy (non-hydrogen) atoms. The Labute approximate surface area is 146 Å². The van der Waals surface area contributed by atoms with Gasteiger partial charge in [-0.05, 0) is 31.0 Å². The number of sulfone groups is 1. The Morgan fingerprint density at radius 3 is 2.68 bits per heavy atom. The summed E-state index contributed by atoms with van der Waals surface area (Å²) in [5.74, 6) is -0.00972. The summed E-state index contributed by atoms with van der Waals surface area (Å²) in [6.45, 7) is 2.50. The van der Waals surface area contributed by atoms with Crippen molar-refractivity contribution in [2.45, 2.75) is 13.3 Å². The number of ether oxygens (including phenoxy) is 1. The molecule has 1 fully saturated rings. The quantitative estimate of drug-likeness (QED) is 0.873. The number of rotatable bonds is 5. The summed E-state index contributed by atoms with van der Waals surface area (Å²) in [4.78, 5) is 20.4. The van der Waals surface area contributed by atoms with E-state index in [4.69, 9.17) is 4.74 Å². The molecule has 2 heterocycles. The van der Waals surface area contributed by atoms with Gasteiger partial charge in [0.05, 0.1) is 24.0 Å². The number of anilines is 1. The number of amides is 1. The van der Waals surface area contributed by atoms with Gasteiger partial charge in [0.2, 0.25) is 11.9 Å². The fourth-order valence-corrected chi connectivity index (χ4v) is 4.43. The molecule has 1 unspecified atom stereocenters. The molecular weight excluding hydrogens is 342 g/mol. The Balaban J connectivity index is 1.68. The van der Waals surface area contributed by atoms with E-state index in [2.05, 4.69) is 15.3 Å². The highest BCUT2D eigenvalue weighted by atomic mass is 32.2. The van der Waals surface area contributed by atoms with Crippen LogP contribution >= 0.6 is 0 Å². The van der Waals surface area contributed by atoms with Gasteiger partial charge in [0.25, 0.3) is 0 Å². The molecule has 3 rings (SSSR count). The first-order valence-electron chi connectivity index (χ1n) is 8.03. The lowest BCUT2D eigenvalue weighted by Crippen LogP contribution is -2.24. The van der Waals surface area contributed by atoms with Crippen LogP contribution in [0.3, 0.4) is 0 Å². The highest BCUT2D eigenvalue weighted by Crippen LogP contribution is 2.24. The molecule has 1 amide bonds. The number of carbonyl (C=O) groups excluding carboxylic acids is 1. The summed E-state index contributed by atoms with van der Waals surface area (Å²) in [6, 6.07) is 7.57. The number of hydrogen-bond donors (Lipinski definition) is 1. The van der Waals surface area contributed by atoms with Crippen molar-refractivity contribution in [1.82, 2.24) is 9.97 Å². The molecule has 8 heteroatoms. The smallest absolute Gasteiger partial charge is 0.230 e. The van der Waals surface area contributed by atoms with Gasteiger partial charge in [0, 0.05) is 18.0 Å². The van der Waals surface area contributed by atoms with E-state index in [1.165, 1.54) is 0 Å². The van der Waals surface area contributed by atoms with Gasteiger partial charge in [0.1, 0.15) is 5.75 Å². The van der Waals surface area contributed by atoms with Crippen molar-refractivity contribution in [3.05, 3.63) is 36.7 Å². The molecule has 1 aromatic carbocycles. The van der Waals surface area contributed by atoms with Crippen LogP contribution in [0.2, 0.25) is 0 Å². The van der Waals surface area contributed by atoms with Crippen molar-refractivity contribution >= 4 is 21.7 Å². The first-order chi connectivity index (χ1) is 12.0. The van der Waals surface area contributed by atoms with Crippen molar-refractivity contribution in [2.75, 3.05) is 23.4 Å². The van der Waals surface area contributed by atoms with Crippen LogP contribution in [0.25, 0.3) is 11.1 Å². The molecule has 0 spiro atoms. The van der Waals surface area contributed by atoms with E-state index in [9.17, 15) is 13.2 Å². The summed E-state index contributed by atoms with van der Waals surface area (Å²) in [5, 5.41) is 2.58. The minimum Gasteiger partial charge on any atom is -0.494 e. The molecule has 132 valence electrons. The van der Waals surface area contributed by atoms with Crippen molar-refractivity contribution < 1.29 is 17.9 Å². The molecule has 0 bridgehead atoms. The molecule has 1 aliphatic heterocycles. The zero-order valence-corrected chi connectivity index (χ0v) is 14.6. The molecule has 1 aromatic heterocycles. The highest BCUT2D eigenvalue weighted by molar-refractivity contribution is 7.91. The van der Waals surface area contributed by atoms with E-state index in [-0.39, 0.29) is 23.4 Å².